The van der Waals surface area contributed by atoms with Crippen LogP contribution in [0.1, 0.15) is 18.4 Å². The van der Waals surface area contributed by atoms with Crippen molar-refractivity contribution in [3.63, 3.8) is 0 Å². The Labute approximate surface area is 156 Å². The van der Waals surface area contributed by atoms with Gasteiger partial charge in [-0.15, -0.1) is 5.11 Å². The van der Waals surface area contributed by atoms with Gasteiger partial charge in [0.25, 0.3) is 10.0 Å². The van der Waals surface area contributed by atoms with Crippen LogP contribution in [0.3, 0.4) is 0 Å². The summed E-state index contributed by atoms with van der Waals surface area (Å²) in [5.74, 6) is 5.12. The molecule has 144 valence electrons. The Hall–Kier alpha value is -2.86. The molecule has 1 saturated heterocycles. The lowest BCUT2D eigenvalue weighted by Gasteiger charge is -2.34. The van der Waals surface area contributed by atoms with Crippen molar-refractivity contribution in [3.8, 4) is 0 Å². The number of nitrogens with two attached hydrogens (primary N) is 2. The van der Waals surface area contributed by atoms with Crippen LogP contribution < -0.4 is 15.9 Å². The number of piperidine rings is 1. The number of hydrogen-bond donors (Lipinski definition) is 3. The molecule has 11 nitrogen and oxygen atoms in total. The summed E-state index contributed by atoms with van der Waals surface area (Å²) in [7, 11) is -4.13. The van der Waals surface area contributed by atoms with Crippen LogP contribution in [-0.2, 0) is 16.6 Å². The maximum absolute atomic E-state index is 11.9. The zero-order valence-electron chi connectivity index (χ0n) is 14.6. The standard InChI is InChI=1S/C15H21N9O2S/c16-14(21-22-17)13-12(1-4-20-15(13)27(18,25)26)24-6-2-11(3-7-24)9-23-8-5-19-10-23/h1,4-5,8,10-11H,2-3,6-7,9H2,(H3,16,17,21)(H2,18,25,26). The van der Waals surface area contributed by atoms with Crippen molar-refractivity contribution in [3.05, 3.63) is 36.5 Å². The van der Waals surface area contributed by atoms with Crippen LogP contribution in [0.15, 0.2) is 46.3 Å². The number of anilines is 1. The number of nitrogens with one attached hydrogen (secondary N) is 1. The fourth-order valence-electron chi connectivity index (χ4n) is 3.29. The molecule has 0 bridgehead atoms. The summed E-state index contributed by atoms with van der Waals surface area (Å²) in [6.45, 7) is 2.29. The lowest BCUT2D eigenvalue weighted by atomic mass is 9.96. The molecule has 12 heteroatoms. The summed E-state index contributed by atoms with van der Waals surface area (Å²) in [5.41, 5.74) is 0.551. The van der Waals surface area contributed by atoms with Gasteiger partial charge >= 0.3 is 0 Å². The van der Waals surface area contributed by atoms with Crippen LogP contribution in [-0.4, -0.2) is 41.9 Å². The van der Waals surface area contributed by atoms with E-state index in [0.29, 0.717) is 24.7 Å². The van der Waals surface area contributed by atoms with Crippen LogP contribution in [0.5, 0.6) is 0 Å². The number of aromatic nitrogens is 3. The predicted molar refractivity (Wildman–Crippen MR) is 98.6 cm³/mol. The van der Waals surface area contributed by atoms with Crippen LogP contribution in [0.4, 0.5) is 5.69 Å². The van der Waals surface area contributed by atoms with Gasteiger partial charge in [0.15, 0.2) is 10.9 Å². The van der Waals surface area contributed by atoms with Crippen molar-refractivity contribution < 1.29 is 8.42 Å². The highest BCUT2D eigenvalue weighted by Gasteiger charge is 2.27. The molecule has 3 rings (SSSR count). The third kappa shape index (κ3) is 4.28. The van der Waals surface area contributed by atoms with Crippen molar-refractivity contribution in [1.82, 2.24) is 14.5 Å². The number of primary sulfonamides is 1. The number of hydrogen-bond acceptors (Lipinski definition) is 7. The summed E-state index contributed by atoms with van der Waals surface area (Å²) >= 11 is 0. The molecule has 27 heavy (non-hydrogen) atoms. The number of rotatable bonds is 5. The number of sulfonamides is 1. The van der Waals surface area contributed by atoms with E-state index in [1.54, 1.807) is 18.6 Å². The van der Waals surface area contributed by atoms with Crippen molar-refractivity contribution in [2.45, 2.75) is 24.4 Å². The minimum Gasteiger partial charge on any atom is -0.371 e. The van der Waals surface area contributed by atoms with Gasteiger partial charge in [0.05, 0.1) is 17.6 Å². The van der Waals surface area contributed by atoms with Gasteiger partial charge in [-0.25, -0.2) is 23.5 Å². The summed E-state index contributed by atoms with van der Waals surface area (Å²) in [6, 6.07) is 1.65. The second-order valence-electron chi connectivity index (χ2n) is 6.31. The molecule has 2 aromatic rings. The summed E-state index contributed by atoms with van der Waals surface area (Å²) in [4.78, 5) is 9.91. The lowest BCUT2D eigenvalue weighted by molar-refractivity contribution is 0.356. The third-order valence-corrected chi connectivity index (χ3v) is 5.39. The minimum atomic E-state index is -4.13. The van der Waals surface area contributed by atoms with E-state index < -0.39 is 20.9 Å². The van der Waals surface area contributed by atoms with E-state index in [1.807, 2.05) is 11.1 Å². The topological polar surface area (TPSA) is 169 Å². The Bertz CT molecular complexity index is 932. The molecule has 0 unspecified atom stereocenters. The van der Waals surface area contributed by atoms with Crippen LogP contribution >= 0.6 is 0 Å². The molecule has 3 heterocycles. The highest BCUT2D eigenvalue weighted by Crippen LogP contribution is 2.30. The van der Waals surface area contributed by atoms with Crippen molar-refractivity contribution in [2.24, 2.45) is 27.2 Å². The molecule has 0 saturated carbocycles. The monoisotopic (exact) mass is 391 g/mol. The van der Waals surface area contributed by atoms with Crippen molar-refractivity contribution in [2.75, 3.05) is 18.0 Å². The molecule has 0 radical (unpaired) electrons. The van der Waals surface area contributed by atoms with Gasteiger partial charge in [-0.2, -0.15) is 0 Å². The number of pyridine rings is 1. The Balaban J connectivity index is 1.85. The normalized spacial score (nSPS) is 16.1. The van der Waals surface area contributed by atoms with E-state index in [-0.39, 0.29) is 5.56 Å². The average molecular weight is 391 g/mol. The first-order valence-corrected chi connectivity index (χ1v) is 9.87. The third-order valence-electron chi connectivity index (χ3n) is 4.54. The predicted octanol–water partition coefficient (Wildman–Crippen LogP) is 0.493. The van der Waals surface area contributed by atoms with Gasteiger partial charge in [-0.3, -0.25) is 5.41 Å². The first kappa shape index (κ1) is 18.9. The Morgan fingerprint density at radius 1 is 1.33 bits per heavy atom. The zero-order chi connectivity index (χ0) is 19.4. The molecule has 1 aliphatic heterocycles. The first-order valence-electron chi connectivity index (χ1n) is 8.32. The van der Waals surface area contributed by atoms with Crippen LogP contribution in [0, 0.1) is 11.3 Å². The van der Waals surface area contributed by atoms with Gasteiger partial charge < -0.3 is 15.3 Å². The maximum Gasteiger partial charge on any atom is 0.256 e. The number of amidine groups is 1. The van der Waals surface area contributed by atoms with Crippen molar-refractivity contribution in [1.29, 1.82) is 5.41 Å². The quantitative estimate of drug-likeness (QED) is 0.220. The molecular formula is C15H21N9O2S. The Morgan fingerprint density at radius 3 is 2.67 bits per heavy atom. The highest BCUT2D eigenvalue weighted by molar-refractivity contribution is 7.89. The van der Waals surface area contributed by atoms with E-state index in [1.165, 1.54) is 6.20 Å². The van der Waals surface area contributed by atoms with Gasteiger partial charge in [-0.05, 0) is 24.8 Å². The second-order valence-corrected chi connectivity index (χ2v) is 7.79. The molecule has 2 aromatic heterocycles. The summed E-state index contributed by atoms with van der Waals surface area (Å²) in [6.07, 6.45) is 8.68. The molecule has 0 atom stereocenters. The first-order chi connectivity index (χ1) is 12.9. The fraction of sp³-hybridized carbons (Fsp3) is 0.400. The molecule has 5 N–H and O–H groups in total. The SMILES string of the molecule is N=C(N=NN)c1c(N2CCC(Cn3ccnc3)CC2)ccnc1S(N)(=O)=O. The van der Waals surface area contributed by atoms with Gasteiger partial charge in [-0.1, -0.05) is 5.22 Å². The molecule has 0 aromatic carbocycles. The highest BCUT2D eigenvalue weighted by atomic mass is 32.2. The number of nitrogens with zero attached hydrogens (tertiary/aromatic N) is 6. The minimum absolute atomic E-state index is 0.0160. The molecular weight excluding hydrogens is 370 g/mol. The summed E-state index contributed by atoms with van der Waals surface area (Å²) < 4.78 is 25.9. The van der Waals surface area contributed by atoms with E-state index in [2.05, 4.69) is 24.9 Å². The van der Waals surface area contributed by atoms with Crippen LogP contribution in [0.25, 0.3) is 0 Å². The summed E-state index contributed by atoms with van der Waals surface area (Å²) in [5, 5.41) is 19.5. The molecule has 1 fully saturated rings. The lowest BCUT2D eigenvalue weighted by Crippen LogP contribution is -2.36. The van der Waals surface area contributed by atoms with E-state index in [9.17, 15) is 8.42 Å². The van der Waals surface area contributed by atoms with E-state index in [0.717, 1.165) is 19.4 Å². The fourth-order valence-corrected chi connectivity index (χ4v) is 3.99. The smallest absolute Gasteiger partial charge is 0.256 e. The van der Waals surface area contributed by atoms with Crippen LogP contribution in [0.2, 0.25) is 0 Å². The molecule has 0 amide bonds. The molecule has 0 spiro atoms. The number of imidazole rings is 1. The average Bonchev–Trinajstić information content (AvgIpc) is 3.14. The van der Waals surface area contributed by atoms with E-state index in [4.69, 9.17) is 16.4 Å². The van der Waals surface area contributed by atoms with Crippen molar-refractivity contribution >= 4 is 21.5 Å². The largest absolute Gasteiger partial charge is 0.371 e. The van der Waals surface area contributed by atoms with Gasteiger partial charge in [0.1, 0.15) is 0 Å². The Morgan fingerprint density at radius 2 is 2.07 bits per heavy atom. The second kappa shape index (κ2) is 7.80. The van der Waals surface area contributed by atoms with Gasteiger partial charge in [0.2, 0.25) is 0 Å². The van der Waals surface area contributed by atoms with E-state index >= 15 is 0 Å². The molecule has 1 aliphatic rings. The maximum atomic E-state index is 11.9. The van der Waals surface area contributed by atoms with Gasteiger partial charge in [0, 0.05) is 38.2 Å². The zero-order valence-corrected chi connectivity index (χ0v) is 15.4. The Kier molecular flexibility index (Phi) is 5.46. The molecule has 0 aliphatic carbocycles.